The smallest absolute Gasteiger partial charge is 0.238 e. The molecular weight excluding hydrogens is 92.1 g/mol. The predicted molar refractivity (Wildman–Crippen MR) is 27.4 cm³/mol. The van der Waals surface area contributed by atoms with Crippen molar-refractivity contribution >= 4 is 5.91 Å². The second-order valence-corrected chi connectivity index (χ2v) is 1.16. The molecule has 0 aliphatic rings. The lowest BCUT2D eigenvalue weighted by Gasteiger charge is -1.94. The lowest BCUT2D eigenvalue weighted by atomic mass is 10.3. The highest BCUT2D eigenvalue weighted by Crippen LogP contribution is 1.71. The molecule has 7 heavy (non-hydrogen) atoms. The minimum atomic E-state index is -0.694. The van der Waals surface area contributed by atoms with Crippen molar-refractivity contribution in [2.24, 2.45) is 11.5 Å². The molecule has 0 saturated heterocycles. The van der Waals surface area contributed by atoms with Crippen molar-refractivity contribution in [1.29, 1.82) is 0 Å². The third kappa shape index (κ3) is 1.94. The summed E-state index contributed by atoms with van der Waals surface area (Å²) >= 11 is 0. The first-order valence-electron chi connectivity index (χ1n) is 1.86. The standard InChI is InChI=1S/C4H8N2O/c1-2-3(5)4(6)7/h2-3H,1,5H2,(H2,6,7)/t3-/m1/s1. The van der Waals surface area contributed by atoms with Crippen molar-refractivity contribution in [3.63, 3.8) is 0 Å². The predicted octanol–water partition coefficient (Wildman–Crippen LogP) is -1.02. The summed E-state index contributed by atoms with van der Waals surface area (Å²) in [7, 11) is 0. The summed E-state index contributed by atoms with van der Waals surface area (Å²) in [5.74, 6) is -0.546. The van der Waals surface area contributed by atoms with Crippen LogP contribution in [0.4, 0.5) is 0 Å². The SMILES string of the molecule is C=C[C@@H](N)C(N)=O. The fraction of sp³-hybridized carbons (Fsp3) is 0.250. The molecule has 3 heteroatoms. The van der Waals surface area contributed by atoms with Gasteiger partial charge in [-0.05, 0) is 0 Å². The lowest BCUT2D eigenvalue weighted by Crippen LogP contribution is -2.34. The van der Waals surface area contributed by atoms with Crippen molar-refractivity contribution in [2.45, 2.75) is 6.04 Å². The van der Waals surface area contributed by atoms with E-state index in [-0.39, 0.29) is 0 Å². The largest absolute Gasteiger partial charge is 0.368 e. The first-order chi connectivity index (χ1) is 3.18. The molecule has 1 amide bonds. The Hall–Kier alpha value is -0.830. The fourth-order valence-electron chi connectivity index (χ4n) is 0.116. The van der Waals surface area contributed by atoms with E-state index in [2.05, 4.69) is 6.58 Å². The Morgan fingerprint density at radius 1 is 1.86 bits per heavy atom. The van der Waals surface area contributed by atoms with E-state index in [1.807, 2.05) is 0 Å². The van der Waals surface area contributed by atoms with Crippen LogP contribution >= 0.6 is 0 Å². The van der Waals surface area contributed by atoms with Crippen LogP contribution in [0.5, 0.6) is 0 Å². The van der Waals surface area contributed by atoms with Gasteiger partial charge in [0.05, 0.1) is 0 Å². The number of hydrogen-bond acceptors (Lipinski definition) is 2. The molecule has 0 spiro atoms. The van der Waals surface area contributed by atoms with Crippen LogP contribution in [0.3, 0.4) is 0 Å². The minimum absolute atomic E-state index is 0.546. The summed E-state index contributed by atoms with van der Waals surface area (Å²) in [6.07, 6.45) is 1.29. The van der Waals surface area contributed by atoms with Gasteiger partial charge in [0.2, 0.25) is 5.91 Å². The van der Waals surface area contributed by atoms with Crippen molar-refractivity contribution in [3.8, 4) is 0 Å². The van der Waals surface area contributed by atoms with Crippen LogP contribution in [0.2, 0.25) is 0 Å². The Morgan fingerprint density at radius 3 is 2.29 bits per heavy atom. The molecule has 40 valence electrons. The van der Waals surface area contributed by atoms with E-state index in [0.29, 0.717) is 0 Å². The van der Waals surface area contributed by atoms with Crippen LogP contribution in [0.1, 0.15) is 0 Å². The van der Waals surface area contributed by atoms with E-state index < -0.39 is 11.9 Å². The zero-order valence-electron chi connectivity index (χ0n) is 3.92. The summed E-state index contributed by atoms with van der Waals surface area (Å²) in [5, 5.41) is 0. The van der Waals surface area contributed by atoms with E-state index in [0.717, 1.165) is 0 Å². The van der Waals surface area contributed by atoms with Gasteiger partial charge in [0, 0.05) is 0 Å². The molecule has 0 aliphatic heterocycles. The van der Waals surface area contributed by atoms with Gasteiger partial charge in [-0.1, -0.05) is 6.08 Å². The molecule has 0 aromatic rings. The van der Waals surface area contributed by atoms with Crippen LogP contribution < -0.4 is 11.5 Å². The van der Waals surface area contributed by atoms with E-state index in [9.17, 15) is 4.79 Å². The normalized spacial score (nSPS) is 12.7. The van der Waals surface area contributed by atoms with E-state index in [1.54, 1.807) is 0 Å². The van der Waals surface area contributed by atoms with Gasteiger partial charge in [0.15, 0.2) is 0 Å². The topological polar surface area (TPSA) is 69.1 Å². The lowest BCUT2D eigenvalue weighted by molar-refractivity contribution is -0.118. The van der Waals surface area contributed by atoms with Gasteiger partial charge >= 0.3 is 0 Å². The highest BCUT2D eigenvalue weighted by Gasteiger charge is 1.99. The third-order valence-corrected chi connectivity index (χ3v) is 0.582. The number of amides is 1. The van der Waals surface area contributed by atoms with Gasteiger partial charge in [-0.3, -0.25) is 4.79 Å². The maximum atomic E-state index is 9.96. The molecule has 1 atom stereocenters. The number of nitrogens with two attached hydrogens (primary N) is 2. The first kappa shape index (κ1) is 6.17. The average molecular weight is 100 g/mol. The van der Waals surface area contributed by atoms with Crippen molar-refractivity contribution < 1.29 is 4.79 Å². The molecule has 0 fully saturated rings. The summed E-state index contributed by atoms with van der Waals surface area (Å²) in [5.41, 5.74) is 9.73. The molecule has 0 unspecified atom stereocenters. The van der Waals surface area contributed by atoms with Crippen molar-refractivity contribution in [1.82, 2.24) is 0 Å². The van der Waals surface area contributed by atoms with Crippen molar-refractivity contribution in [2.75, 3.05) is 0 Å². The molecule has 4 N–H and O–H groups in total. The maximum Gasteiger partial charge on any atom is 0.238 e. The number of primary amides is 1. The Labute approximate surface area is 42.0 Å². The quantitative estimate of drug-likeness (QED) is 0.436. The number of hydrogen-bond donors (Lipinski definition) is 2. The molecule has 0 aromatic heterocycles. The van der Waals surface area contributed by atoms with Gasteiger partial charge in [-0.15, -0.1) is 6.58 Å². The Morgan fingerprint density at radius 2 is 2.29 bits per heavy atom. The molecule has 0 bridgehead atoms. The zero-order chi connectivity index (χ0) is 5.86. The van der Waals surface area contributed by atoms with Gasteiger partial charge in [-0.25, -0.2) is 0 Å². The van der Waals surface area contributed by atoms with Crippen LogP contribution in [0.25, 0.3) is 0 Å². The molecule has 0 aromatic carbocycles. The molecular formula is C4H8N2O. The maximum absolute atomic E-state index is 9.96. The molecule has 0 radical (unpaired) electrons. The third-order valence-electron chi connectivity index (χ3n) is 0.582. The first-order valence-corrected chi connectivity index (χ1v) is 1.86. The molecule has 3 nitrogen and oxygen atoms in total. The van der Waals surface area contributed by atoms with Crippen LogP contribution in [-0.2, 0) is 4.79 Å². The second kappa shape index (κ2) is 2.36. The van der Waals surface area contributed by atoms with Gasteiger partial charge in [0.1, 0.15) is 6.04 Å². The number of carbonyl (C=O) groups excluding carboxylic acids is 1. The minimum Gasteiger partial charge on any atom is -0.368 e. The zero-order valence-corrected chi connectivity index (χ0v) is 3.92. The number of carbonyl (C=O) groups is 1. The summed E-state index contributed by atoms with van der Waals surface area (Å²) in [4.78, 5) is 9.96. The van der Waals surface area contributed by atoms with Gasteiger partial charge in [-0.2, -0.15) is 0 Å². The molecule has 0 aliphatic carbocycles. The average Bonchev–Trinajstić information content (AvgIpc) is 1.65. The van der Waals surface area contributed by atoms with Crippen LogP contribution in [0, 0.1) is 0 Å². The number of rotatable bonds is 2. The van der Waals surface area contributed by atoms with Gasteiger partial charge in [0.25, 0.3) is 0 Å². The van der Waals surface area contributed by atoms with E-state index >= 15 is 0 Å². The second-order valence-electron chi connectivity index (χ2n) is 1.16. The Balaban J connectivity index is 3.55. The molecule has 0 heterocycles. The molecule has 0 rings (SSSR count). The highest BCUT2D eigenvalue weighted by molar-refractivity contribution is 5.81. The summed E-state index contributed by atoms with van der Waals surface area (Å²) in [6, 6.07) is -0.694. The molecule has 0 saturated carbocycles. The van der Waals surface area contributed by atoms with E-state index in [4.69, 9.17) is 11.5 Å². The highest BCUT2D eigenvalue weighted by atomic mass is 16.1. The van der Waals surface area contributed by atoms with Crippen LogP contribution in [0.15, 0.2) is 12.7 Å². The summed E-state index contributed by atoms with van der Waals surface area (Å²) < 4.78 is 0. The van der Waals surface area contributed by atoms with Gasteiger partial charge < -0.3 is 11.5 Å². The van der Waals surface area contributed by atoms with Crippen molar-refractivity contribution in [3.05, 3.63) is 12.7 Å². The Kier molecular flexibility index (Phi) is 2.08. The summed E-state index contributed by atoms with van der Waals surface area (Å²) in [6.45, 7) is 3.26. The Bertz CT molecular complexity index is 89.7. The van der Waals surface area contributed by atoms with Crippen LogP contribution in [-0.4, -0.2) is 11.9 Å². The fourth-order valence-corrected chi connectivity index (χ4v) is 0.116. The monoisotopic (exact) mass is 100 g/mol. The van der Waals surface area contributed by atoms with E-state index in [1.165, 1.54) is 6.08 Å².